The van der Waals surface area contributed by atoms with Gasteiger partial charge in [-0.15, -0.1) is 0 Å². The van der Waals surface area contributed by atoms with Gasteiger partial charge in [-0.25, -0.2) is 9.97 Å². The van der Waals surface area contributed by atoms with E-state index >= 15 is 0 Å². The van der Waals surface area contributed by atoms with E-state index in [1.54, 1.807) is 13.3 Å². The molecule has 0 aliphatic rings. The van der Waals surface area contributed by atoms with Crippen LogP contribution in [0, 0.1) is 6.92 Å². The predicted octanol–water partition coefficient (Wildman–Crippen LogP) is 4.05. The third kappa shape index (κ3) is 4.91. The van der Waals surface area contributed by atoms with Crippen LogP contribution in [0.15, 0.2) is 66.9 Å². The van der Waals surface area contributed by atoms with Gasteiger partial charge in [-0.1, -0.05) is 36.4 Å². The molecule has 2 aromatic heterocycles. The number of amides is 1. The first-order valence-corrected chi connectivity index (χ1v) is 10.4. The van der Waals surface area contributed by atoms with Gasteiger partial charge in [0.25, 0.3) is 0 Å². The molecule has 2 aromatic carbocycles. The average Bonchev–Trinajstić information content (AvgIpc) is 3.15. The second-order valence-corrected chi connectivity index (χ2v) is 7.51. The van der Waals surface area contributed by atoms with E-state index < -0.39 is 0 Å². The molecule has 31 heavy (non-hydrogen) atoms. The Hall–Kier alpha value is -3.67. The number of fused-ring (bicyclic) bond motifs is 1. The Morgan fingerprint density at radius 3 is 2.65 bits per heavy atom. The molecular weight excluding hydrogens is 388 g/mol. The summed E-state index contributed by atoms with van der Waals surface area (Å²) in [6, 6.07) is 19.9. The Morgan fingerprint density at radius 1 is 1.06 bits per heavy atom. The van der Waals surface area contributed by atoms with Gasteiger partial charge in [-0.05, 0) is 47.9 Å². The summed E-state index contributed by atoms with van der Waals surface area (Å²) >= 11 is 0. The minimum absolute atomic E-state index is 0.0132. The van der Waals surface area contributed by atoms with Crippen molar-refractivity contribution in [3.8, 4) is 5.75 Å². The third-order valence-corrected chi connectivity index (χ3v) is 5.40. The first-order valence-electron chi connectivity index (χ1n) is 10.4. The molecule has 0 aliphatic carbocycles. The molecule has 1 N–H and O–H groups in total. The first kappa shape index (κ1) is 20.6. The van der Waals surface area contributed by atoms with Gasteiger partial charge in [0, 0.05) is 25.6 Å². The minimum atomic E-state index is 0.0132. The summed E-state index contributed by atoms with van der Waals surface area (Å²) in [5.41, 5.74) is 5.10. The number of ether oxygens (including phenoxy) is 1. The second-order valence-electron chi connectivity index (χ2n) is 7.51. The maximum Gasteiger partial charge on any atom is 0.220 e. The van der Waals surface area contributed by atoms with E-state index in [0.717, 1.165) is 33.9 Å². The number of hydrogen-bond donors (Lipinski definition) is 1. The van der Waals surface area contributed by atoms with Crippen molar-refractivity contribution in [2.45, 2.75) is 32.9 Å². The number of carbonyl (C=O) groups excluding carboxylic acids is 1. The van der Waals surface area contributed by atoms with Crippen LogP contribution in [0.1, 0.15) is 28.9 Å². The number of hydrogen-bond acceptors (Lipinski definition) is 4. The lowest BCUT2D eigenvalue weighted by Gasteiger charge is -2.10. The van der Waals surface area contributed by atoms with Gasteiger partial charge in [0.1, 0.15) is 17.1 Å². The fourth-order valence-corrected chi connectivity index (χ4v) is 3.59. The smallest absolute Gasteiger partial charge is 0.220 e. The largest absolute Gasteiger partial charge is 0.497 e. The molecule has 4 rings (SSSR count). The van der Waals surface area contributed by atoms with Crippen LogP contribution in [0.5, 0.6) is 5.75 Å². The summed E-state index contributed by atoms with van der Waals surface area (Å²) < 4.78 is 7.34. The summed E-state index contributed by atoms with van der Waals surface area (Å²) in [5, 5.41) is 3.02. The number of benzene rings is 2. The first-order chi connectivity index (χ1) is 15.1. The standard InChI is InChI=1S/C25H26N4O2/c1-18-6-3-4-7-20(18)16-27-24(30)14-13-23-28-22-8-5-15-26-25(22)29(23)17-19-9-11-21(31-2)12-10-19/h3-12,15H,13-14,16-17H2,1-2H3,(H,27,30). The predicted molar refractivity (Wildman–Crippen MR) is 121 cm³/mol. The van der Waals surface area contributed by atoms with Gasteiger partial charge >= 0.3 is 0 Å². The van der Waals surface area contributed by atoms with E-state index in [0.29, 0.717) is 25.9 Å². The van der Waals surface area contributed by atoms with Gasteiger partial charge in [0.05, 0.1) is 13.7 Å². The molecule has 0 fully saturated rings. The fraction of sp³-hybridized carbons (Fsp3) is 0.240. The molecule has 4 aromatic rings. The lowest BCUT2D eigenvalue weighted by atomic mass is 10.1. The highest BCUT2D eigenvalue weighted by Gasteiger charge is 2.14. The van der Waals surface area contributed by atoms with E-state index in [9.17, 15) is 4.79 Å². The Bertz CT molecular complexity index is 1180. The highest BCUT2D eigenvalue weighted by atomic mass is 16.5. The van der Waals surface area contributed by atoms with Gasteiger partial charge in [0.2, 0.25) is 5.91 Å². The monoisotopic (exact) mass is 414 g/mol. The zero-order valence-corrected chi connectivity index (χ0v) is 17.8. The number of aryl methyl sites for hydroxylation is 2. The van der Waals surface area contributed by atoms with Crippen LogP contribution >= 0.6 is 0 Å². The summed E-state index contributed by atoms with van der Waals surface area (Å²) in [6.45, 7) is 3.23. The van der Waals surface area contributed by atoms with E-state index in [-0.39, 0.29) is 5.91 Å². The number of nitrogens with one attached hydrogen (secondary N) is 1. The van der Waals surface area contributed by atoms with E-state index in [2.05, 4.69) is 27.9 Å². The van der Waals surface area contributed by atoms with Crippen molar-refractivity contribution in [1.82, 2.24) is 19.9 Å². The zero-order chi connectivity index (χ0) is 21.6. The SMILES string of the molecule is COc1ccc(Cn2c(CCC(=O)NCc3ccccc3C)nc3cccnc32)cc1. The van der Waals surface area contributed by atoms with Crippen LogP contribution in [0.25, 0.3) is 11.2 Å². The highest BCUT2D eigenvalue weighted by Crippen LogP contribution is 2.19. The highest BCUT2D eigenvalue weighted by molar-refractivity contribution is 5.76. The van der Waals surface area contributed by atoms with Gasteiger partial charge < -0.3 is 14.6 Å². The normalized spacial score (nSPS) is 10.9. The summed E-state index contributed by atoms with van der Waals surface area (Å²) in [7, 11) is 1.66. The van der Waals surface area contributed by atoms with Crippen molar-refractivity contribution in [3.63, 3.8) is 0 Å². The number of methoxy groups -OCH3 is 1. The van der Waals surface area contributed by atoms with Crippen molar-refractivity contribution >= 4 is 17.1 Å². The molecule has 0 spiro atoms. The number of aromatic nitrogens is 3. The van der Waals surface area contributed by atoms with Crippen LogP contribution in [0.4, 0.5) is 0 Å². The number of imidazole rings is 1. The molecule has 1 amide bonds. The molecule has 0 radical (unpaired) electrons. The zero-order valence-electron chi connectivity index (χ0n) is 17.8. The summed E-state index contributed by atoms with van der Waals surface area (Å²) in [4.78, 5) is 21.7. The number of pyridine rings is 1. The Labute approximate surface area is 181 Å². The molecule has 0 saturated carbocycles. The van der Waals surface area contributed by atoms with Crippen molar-refractivity contribution in [2.75, 3.05) is 7.11 Å². The van der Waals surface area contributed by atoms with Crippen molar-refractivity contribution in [1.29, 1.82) is 0 Å². The number of nitrogens with zero attached hydrogens (tertiary/aromatic N) is 3. The molecule has 6 nitrogen and oxygen atoms in total. The molecule has 0 atom stereocenters. The fourth-order valence-electron chi connectivity index (χ4n) is 3.59. The Balaban J connectivity index is 1.47. The van der Waals surface area contributed by atoms with Gasteiger partial charge in [0.15, 0.2) is 5.65 Å². The molecule has 2 heterocycles. The quantitative estimate of drug-likeness (QED) is 0.472. The van der Waals surface area contributed by atoms with Crippen LogP contribution in [-0.4, -0.2) is 27.6 Å². The average molecular weight is 415 g/mol. The van der Waals surface area contributed by atoms with E-state index in [1.807, 2.05) is 54.6 Å². The molecule has 0 aliphatic heterocycles. The molecule has 158 valence electrons. The van der Waals surface area contributed by atoms with Crippen LogP contribution < -0.4 is 10.1 Å². The maximum atomic E-state index is 12.5. The van der Waals surface area contributed by atoms with E-state index in [1.165, 1.54) is 5.56 Å². The number of carbonyl (C=O) groups is 1. The molecule has 0 bridgehead atoms. The third-order valence-electron chi connectivity index (χ3n) is 5.40. The van der Waals surface area contributed by atoms with Crippen molar-refractivity contribution in [2.24, 2.45) is 0 Å². The van der Waals surface area contributed by atoms with Crippen LogP contribution in [-0.2, 0) is 24.3 Å². The maximum absolute atomic E-state index is 12.5. The molecule has 6 heteroatoms. The Morgan fingerprint density at radius 2 is 1.87 bits per heavy atom. The Kier molecular flexibility index (Phi) is 6.26. The summed E-state index contributed by atoms with van der Waals surface area (Å²) in [5.74, 6) is 1.69. The van der Waals surface area contributed by atoms with Gasteiger partial charge in [-0.2, -0.15) is 0 Å². The molecule has 0 saturated heterocycles. The minimum Gasteiger partial charge on any atom is -0.497 e. The second kappa shape index (κ2) is 9.43. The van der Waals surface area contributed by atoms with E-state index in [4.69, 9.17) is 9.72 Å². The molecular formula is C25H26N4O2. The summed E-state index contributed by atoms with van der Waals surface area (Å²) in [6.07, 6.45) is 2.69. The van der Waals surface area contributed by atoms with Gasteiger partial charge in [-0.3, -0.25) is 4.79 Å². The lowest BCUT2D eigenvalue weighted by molar-refractivity contribution is -0.121. The van der Waals surface area contributed by atoms with Crippen molar-refractivity contribution in [3.05, 3.63) is 89.4 Å². The topological polar surface area (TPSA) is 69.0 Å². The van der Waals surface area contributed by atoms with Crippen LogP contribution in [0.2, 0.25) is 0 Å². The molecule has 0 unspecified atom stereocenters. The lowest BCUT2D eigenvalue weighted by Crippen LogP contribution is -2.24. The van der Waals surface area contributed by atoms with Crippen LogP contribution in [0.3, 0.4) is 0 Å². The number of rotatable bonds is 8. The van der Waals surface area contributed by atoms with Crippen molar-refractivity contribution < 1.29 is 9.53 Å².